The molecule has 1 aliphatic rings. The van der Waals surface area contributed by atoms with Crippen LogP contribution in [0, 0.1) is 0 Å². The first-order chi connectivity index (χ1) is 12.3. The van der Waals surface area contributed by atoms with Crippen molar-refractivity contribution in [1.29, 1.82) is 0 Å². The number of hydrogen-bond donors (Lipinski definition) is 2. The zero-order chi connectivity index (χ0) is 18.7. The van der Waals surface area contributed by atoms with E-state index in [4.69, 9.17) is 0 Å². The summed E-state index contributed by atoms with van der Waals surface area (Å²) in [6, 6.07) is 17.0. The predicted molar refractivity (Wildman–Crippen MR) is 100 cm³/mol. The second-order valence-electron chi connectivity index (χ2n) is 6.60. The molecular formula is C19H22N2O4S. The number of rotatable bonds is 5. The van der Waals surface area contributed by atoms with Crippen LogP contribution in [0.15, 0.2) is 54.6 Å². The Hall–Kier alpha value is -2.38. The fourth-order valence-electron chi connectivity index (χ4n) is 3.51. The van der Waals surface area contributed by atoms with Crippen molar-refractivity contribution in [3.8, 4) is 11.1 Å². The van der Waals surface area contributed by atoms with E-state index in [2.05, 4.69) is 4.72 Å². The van der Waals surface area contributed by atoms with Crippen LogP contribution >= 0.6 is 0 Å². The van der Waals surface area contributed by atoms with Gasteiger partial charge in [0.15, 0.2) is 0 Å². The van der Waals surface area contributed by atoms with Gasteiger partial charge in [0.05, 0.1) is 12.3 Å². The van der Waals surface area contributed by atoms with Gasteiger partial charge in [-0.25, -0.2) is 17.9 Å². The highest BCUT2D eigenvalue weighted by Crippen LogP contribution is 2.25. The van der Waals surface area contributed by atoms with E-state index >= 15 is 0 Å². The fourth-order valence-corrected chi connectivity index (χ4v) is 4.33. The number of likely N-dealkylation sites (tertiary alicyclic amines) is 1. The van der Waals surface area contributed by atoms with Gasteiger partial charge in [-0.1, -0.05) is 54.6 Å². The Balaban J connectivity index is 1.85. The normalized spacial score (nSPS) is 20.3. The van der Waals surface area contributed by atoms with Crippen molar-refractivity contribution in [2.24, 2.45) is 0 Å². The van der Waals surface area contributed by atoms with E-state index in [1.165, 1.54) is 4.90 Å². The van der Waals surface area contributed by atoms with Gasteiger partial charge in [0.2, 0.25) is 10.0 Å². The van der Waals surface area contributed by atoms with Crippen molar-refractivity contribution in [3.05, 3.63) is 60.2 Å². The standard InChI is InChI=1S/C19H22N2O4S/c1-26(24,25)20-17-10-11-21(19(22)23)18(17)13-14-6-5-9-16(12-14)15-7-3-2-4-8-15/h2-9,12,17-18,20H,10-11,13H2,1H3,(H,22,23)/t17-,18-/m1/s1. The molecule has 1 amide bonds. The van der Waals surface area contributed by atoms with Crippen LogP contribution in [-0.4, -0.2) is 49.4 Å². The van der Waals surface area contributed by atoms with Crippen LogP contribution in [0.5, 0.6) is 0 Å². The van der Waals surface area contributed by atoms with Gasteiger partial charge in [0.1, 0.15) is 0 Å². The SMILES string of the molecule is CS(=O)(=O)N[C@@H]1CCN(C(=O)O)[C@@H]1Cc1cccc(-c2ccccc2)c1. The average Bonchev–Trinajstić information content (AvgIpc) is 2.97. The average molecular weight is 374 g/mol. The quantitative estimate of drug-likeness (QED) is 0.842. The summed E-state index contributed by atoms with van der Waals surface area (Å²) in [4.78, 5) is 12.9. The Morgan fingerprint density at radius 2 is 1.85 bits per heavy atom. The molecular weight excluding hydrogens is 352 g/mol. The van der Waals surface area contributed by atoms with Gasteiger partial charge in [0, 0.05) is 12.6 Å². The third-order valence-corrected chi connectivity index (χ3v) is 5.37. The molecule has 138 valence electrons. The smallest absolute Gasteiger partial charge is 0.407 e. The number of nitrogens with zero attached hydrogens (tertiary/aromatic N) is 1. The first kappa shape index (κ1) is 18.4. The second-order valence-corrected chi connectivity index (χ2v) is 8.38. The summed E-state index contributed by atoms with van der Waals surface area (Å²) in [5.74, 6) is 0. The van der Waals surface area contributed by atoms with Crippen molar-refractivity contribution >= 4 is 16.1 Å². The summed E-state index contributed by atoms with van der Waals surface area (Å²) in [6.45, 7) is 0.325. The first-order valence-corrected chi connectivity index (χ1v) is 10.3. The number of nitrogens with one attached hydrogen (secondary N) is 1. The van der Waals surface area contributed by atoms with Crippen LogP contribution in [0.3, 0.4) is 0 Å². The van der Waals surface area contributed by atoms with Gasteiger partial charge >= 0.3 is 6.09 Å². The molecule has 2 aromatic rings. The fraction of sp³-hybridized carbons (Fsp3) is 0.316. The van der Waals surface area contributed by atoms with Crippen molar-refractivity contribution in [1.82, 2.24) is 9.62 Å². The molecule has 0 bridgehead atoms. The molecule has 0 aliphatic carbocycles. The predicted octanol–water partition coefficient (Wildman–Crippen LogP) is 2.57. The third-order valence-electron chi connectivity index (χ3n) is 4.64. The molecule has 0 saturated carbocycles. The molecule has 1 aliphatic heterocycles. The molecule has 0 spiro atoms. The number of amides is 1. The molecule has 3 rings (SSSR count). The lowest BCUT2D eigenvalue weighted by Gasteiger charge is -2.26. The monoisotopic (exact) mass is 374 g/mol. The summed E-state index contributed by atoms with van der Waals surface area (Å²) in [6.07, 6.45) is 1.01. The molecule has 26 heavy (non-hydrogen) atoms. The zero-order valence-electron chi connectivity index (χ0n) is 14.5. The molecule has 7 heteroatoms. The maximum atomic E-state index is 11.6. The topological polar surface area (TPSA) is 86.7 Å². The Morgan fingerprint density at radius 1 is 1.15 bits per heavy atom. The molecule has 0 radical (unpaired) electrons. The van der Waals surface area contributed by atoms with Crippen molar-refractivity contribution < 1.29 is 18.3 Å². The summed E-state index contributed by atoms with van der Waals surface area (Å²) in [5.41, 5.74) is 3.11. The first-order valence-electron chi connectivity index (χ1n) is 8.45. The van der Waals surface area contributed by atoms with Gasteiger partial charge in [-0.15, -0.1) is 0 Å². The van der Waals surface area contributed by atoms with Gasteiger partial charge in [-0.3, -0.25) is 0 Å². The number of sulfonamides is 1. The highest BCUT2D eigenvalue weighted by molar-refractivity contribution is 7.88. The summed E-state index contributed by atoms with van der Waals surface area (Å²) < 4.78 is 25.8. The Labute approximate surface area is 153 Å². The van der Waals surface area contributed by atoms with E-state index in [-0.39, 0.29) is 0 Å². The molecule has 1 fully saturated rings. The van der Waals surface area contributed by atoms with Gasteiger partial charge in [-0.05, 0) is 29.5 Å². The number of carbonyl (C=O) groups is 1. The van der Waals surface area contributed by atoms with Gasteiger partial charge < -0.3 is 10.0 Å². The van der Waals surface area contributed by atoms with Crippen LogP contribution in [0.4, 0.5) is 4.79 Å². The van der Waals surface area contributed by atoms with Crippen LogP contribution in [0.2, 0.25) is 0 Å². The maximum absolute atomic E-state index is 11.6. The minimum absolute atomic E-state index is 0.325. The van der Waals surface area contributed by atoms with Crippen LogP contribution in [0.1, 0.15) is 12.0 Å². The molecule has 1 saturated heterocycles. The lowest BCUT2D eigenvalue weighted by molar-refractivity contribution is 0.137. The Bertz CT molecular complexity index is 883. The van der Waals surface area contributed by atoms with E-state index in [9.17, 15) is 18.3 Å². The molecule has 2 N–H and O–H groups in total. The van der Waals surface area contributed by atoms with E-state index in [0.29, 0.717) is 19.4 Å². The number of benzene rings is 2. The minimum Gasteiger partial charge on any atom is -0.465 e. The van der Waals surface area contributed by atoms with Crippen LogP contribution in [0.25, 0.3) is 11.1 Å². The largest absolute Gasteiger partial charge is 0.465 e. The minimum atomic E-state index is -3.40. The lowest BCUT2D eigenvalue weighted by atomic mass is 9.97. The Morgan fingerprint density at radius 3 is 2.50 bits per heavy atom. The van der Waals surface area contributed by atoms with E-state index in [1.54, 1.807) is 0 Å². The molecule has 0 aromatic heterocycles. The molecule has 0 unspecified atom stereocenters. The third kappa shape index (κ3) is 4.42. The number of carboxylic acid groups (broad SMARTS) is 1. The molecule has 2 atom stereocenters. The van der Waals surface area contributed by atoms with Gasteiger partial charge in [-0.2, -0.15) is 0 Å². The molecule has 2 aromatic carbocycles. The summed E-state index contributed by atoms with van der Waals surface area (Å²) in [5, 5.41) is 9.46. The van der Waals surface area contributed by atoms with Crippen molar-refractivity contribution in [3.63, 3.8) is 0 Å². The van der Waals surface area contributed by atoms with E-state index < -0.39 is 28.2 Å². The van der Waals surface area contributed by atoms with E-state index in [0.717, 1.165) is 22.9 Å². The lowest BCUT2D eigenvalue weighted by Crippen LogP contribution is -2.47. The Kier molecular flexibility index (Phi) is 5.29. The summed E-state index contributed by atoms with van der Waals surface area (Å²) >= 11 is 0. The second kappa shape index (κ2) is 7.47. The van der Waals surface area contributed by atoms with Crippen molar-refractivity contribution in [2.75, 3.05) is 12.8 Å². The van der Waals surface area contributed by atoms with E-state index in [1.807, 2.05) is 54.6 Å². The number of hydrogen-bond acceptors (Lipinski definition) is 3. The van der Waals surface area contributed by atoms with Gasteiger partial charge in [0.25, 0.3) is 0 Å². The van der Waals surface area contributed by atoms with Crippen molar-refractivity contribution in [2.45, 2.75) is 24.9 Å². The maximum Gasteiger partial charge on any atom is 0.407 e. The zero-order valence-corrected chi connectivity index (χ0v) is 15.3. The highest BCUT2D eigenvalue weighted by atomic mass is 32.2. The molecule has 6 nitrogen and oxygen atoms in total. The highest BCUT2D eigenvalue weighted by Gasteiger charge is 2.38. The van der Waals surface area contributed by atoms with Crippen LogP contribution in [-0.2, 0) is 16.4 Å². The van der Waals surface area contributed by atoms with Crippen LogP contribution < -0.4 is 4.72 Å². The summed E-state index contributed by atoms with van der Waals surface area (Å²) in [7, 11) is -3.40. The molecule has 1 heterocycles.